The zero-order valence-electron chi connectivity index (χ0n) is 20.3. The van der Waals surface area contributed by atoms with Gasteiger partial charge in [0.2, 0.25) is 10.0 Å². The smallest absolute Gasteiger partial charge is 0.254 e. The van der Waals surface area contributed by atoms with Gasteiger partial charge in [-0.25, -0.2) is 26.8 Å². The number of carbonyl (C=O) groups excluding carboxylic acids is 1. The molecule has 1 aliphatic rings. The lowest BCUT2D eigenvalue weighted by atomic mass is 10.0. The highest BCUT2D eigenvalue weighted by molar-refractivity contribution is 7.90. The second-order valence-electron chi connectivity index (χ2n) is 8.91. The Morgan fingerprint density at radius 3 is 2.26 bits per heavy atom. The monoisotopic (exact) mass is 570 g/mol. The van der Waals surface area contributed by atoms with E-state index in [0.29, 0.717) is 21.8 Å². The fraction of sp³-hybridized carbons (Fsp3) is 0.192. The third-order valence-electron chi connectivity index (χ3n) is 6.39. The molecule has 1 aromatic heterocycles. The molecule has 12 heteroatoms. The molecule has 0 saturated carbocycles. The Hall–Kier alpha value is -3.38. The molecule has 196 valence electrons. The van der Waals surface area contributed by atoms with Crippen LogP contribution in [0.5, 0.6) is 0 Å². The molecule has 0 N–H and O–H groups in total. The van der Waals surface area contributed by atoms with Crippen LogP contribution in [-0.2, 0) is 19.9 Å². The number of fused-ring (bicyclic) bond motifs is 1. The first-order valence-electron chi connectivity index (χ1n) is 11.6. The van der Waals surface area contributed by atoms with Crippen molar-refractivity contribution in [3.8, 4) is 11.3 Å². The lowest BCUT2D eigenvalue weighted by molar-refractivity contribution is 0.0698. The molecule has 3 aromatic carbocycles. The van der Waals surface area contributed by atoms with Gasteiger partial charge < -0.3 is 4.90 Å². The number of aromatic nitrogens is 2. The van der Waals surface area contributed by atoms with Crippen LogP contribution in [0.15, 0.2) is 83.0 Å². The summed E-state index contributed by atoms with van der Waals surface area (Å²) < 4.78 is 51.9. The van der Waals surface area contributed by atoms with Crippen molar-refractivity contribution in [2.45, 2.75) is 9.92 Å². The summed E-state index contributed by atoms with van der Waals surface area (Å²) >= 11 is 6.03. The first kappa shape index (κ1) is 26.2. The van der Waals surface area contributed by atoms with Crippen LogP contribution >= 0.6 is 11.6 Å². The van der Waals surface area contributed by atoms with E-state index in [2.05, 4.69) is 9.97 Å². The van der Waals surface area contributed by atoms with Crippen molar-refractivity contribution < 1.29 is 21.6 Å². The minimum absolute atomic E-state index is 0.139. The second kappa shape index (κ2) is 10.1. The molecule has 0 radical (unpaired) electrons. The summed E-state index contributed by atoms with van der Waals surface area (Å²) in [7, 11) is -7.32. The summed E-state index contributed by atoms with van der Waals surface area (Å²) in [5, 5.41) is 2.05. The van der Waals surface area contributed by atoms with E-state index in [1.54, 1.807) is 65.6 Å². The fourth-order valence-corrected chi connectivity index (χ4v) is 6.59. The van der Waals surface area contributed by atoms with Gasteiger partial charge in [-0.15, -0.1) is 0 Å². The van der Waals surface area contributed by atoms with Crippen LogP contribution in [0.4, 0.5) is 0 Å². The number of sulfonamides is 1. The van der Waals surface area contributed by atoms with Crippen LogP contribution in [0.3, 0.4) is 0 Å². The van der Waals surface area contributed by atoms with Crippen molar-refractivity contribution in [2.75, 3.05) is 32.4 Å². The summed E-state index contributed by atoms with van der Waals surface area (Å²) in [6.07, 6.45) is 2.20. The van der Waals surface area contributed by atoms with Crippen molar-refractivity contribution in [3.05, 3.63) is 83.6 Å². The molecule has 2 heterocycles. The molecule has 38 heavy (non-hydrogen) atoms. The zero-order chi connectivity index (χ0) is 27.1. The standard InChI is InChI=1S/C26H23ClN4O5S2/c1-37(33,34)25-16-24(28-17-29-25)22-4-2-3-5-23(22)26(32)30-10-12-31(13-11-30)38(35,36)21-9-7-18-14-20(27)8-6-19(18)15-21/h2-9,14-17H,10-13H2,1H3. The van der Waals surface area contributed by atoms with Crippen molar-refractivity contribution in [3.63, 3.8) is 0 Å². The molecule has 1 fully saturated rings. The molecule has 5 rings (SSSR count). The van der Waals surface area contributed by atoms with E-state index in [-0.39, 0.29) is 42.0 Å². The number of hydrogen-bond donors (Lipinski definition) is 0. The maximum absolute atomic E-state index is 13.5. The topological polar surface area (TPSA) is 118 Å². The highest BCUT2D eigenvalue weighted by Gasteiger charge is 2.31. The molecule has 4 aromatic rings. The van der Waals surface area contributed by atoms with E-state index < -0.39 is 19.9 Å². The SMILES string of the molecule is CS(=O)(=O)c1cc(-c2ccccc2C(=O)N2CCN(S(=O)(=O)c3ccc4cc(Cl)ccc4c3)CC2)ncn1. The highest BCUT2D eigenvalue weighted by Crippen LogP contribution is 2.27. The van der Waals surface area contributed by atoms with Crippen molar-refractivity contribution in [1.82, 2.24) is 19.2 Å². The molecule has 0 unspecified atom stereocenters. The number of amides is 1. The average Bonchev–Trinajstić information content (AvgIpc) is 2.92. The first-order chi connectivity index (χ1) is 18.0. The number of rotatable bonds is 5. The van der Waals surface area contributed by atoms with Crippen molar-refractivity contribution >= 4 is 48.1 Å². The predicted octanol–water partition coefficient (Wildman–Crippen LogP) is 3.50. The molecule has 1 aliphatic heterocycles. The summed E-state index contributed by atoms with van der Waals surface area (Å²) in [6.45, 7) is 0.684. The molecular weight excluding hydrogens is 548 g/mol. The third-order valence-corrected chi connectivity index (χ3v) is 9.51. The van der Waals surface area contributed by atoms with Crippen molar-refractivity contribution in [2.24, 2.45) is 0 Å². The van der Waals surface area contributed by atoms with Gasteiger partial charge in [0.1, 0.15) is 6.33 Å². The van der Waals surface area contributed by atoms with Crippen LogP contribution in [0.25, 0.3) is 22.0 Å². The van der Waals surface area contributed by atoms with Gasteiger partial charge in [-0.3, -0.25) is 4.79 Å². The van der Waals surface area contributed by atoms with E-state index in [1.807, 2.05) is 0 Å². The van der Waals surface area contributed by atoms with Gasteiger partial charge in [0.05, 0.1) is 10.6 Å². The van der Waals surface area contributed by atoms with Gasteiger partial charge >= 0.3 is 0 Å². The minimum Gasteiger partial charge on any atom is -0.336 e. The van der Waals surface area contributed by atoms with E-state index in [0.717, 1.165) is 23.4 Å². The molecular formula is C26H23ClN4O5S2. The lowest BCUT2D eigenvalue weighted by Gasteiger charge is -2.34. The Kier molecular flexibility index (Phi) is 6.95. The predicted molar refractivity (Wildman–Crippen MR) is 144 cm³/mol. The maximum Gasteiger partial charge on any atom is 0.254 e. The van der Waals surface area contributed by atoms with E-state index in [4.69, 9.17) is 11.6 Å². The molecule has 1 amide bonds. The number of halogens is 1. The Bertz CT molecular complexity index is 1770. The quantitative estimate of drug-likeness (QED) is 0.337. The second-order valence-corrected chi connectivity index (χ2v) is 13.2. The number of benzene rings is 3. The van der Waals surface area contributed by atoms with Crippen LogP contribution < -0.4 is 0 Å². The normalized spacial score (nSPS) is 15.1. The number of carbonyl (C=O) groups is 1. The molecule has 1 saturated heterocycles. The van der Waals surface area contributed by atoms with Crippen LogP contribution in [-0.4, -0.2) is 74.4 Å². The highest BCUT2D eigenvalue weighted by atomic mass is 35.5. The summed E-state index contributed by atoms with van der Waals surface area (Å²) in [5.74, 6) is -0.292. The Morgan fingerprint density at radius 1 is 0.842 bits per heavy atom. The fourth-order valence-electron chi connectivity index (χ4n) is 4.39. The Morgan fingerprint density at radius 2 is 1.53 bits per heavy atom. The first-order valence-corrected chi connectivity index (χ1v) is 15.4. The van der Waals surface area contributed by atoms with E-state index >= 15 is 0 Å². The Labute approximate surface area is 225 Å². The molecule has 0 bridgehead atoms. The zero-order valence-corrected chi connectivity index (χ0v) is 22.7. The average molecular weight is 571 g/mol. The summed E-state index contributed by atoms with van der Waals surface area (Å²) in [6, 6.07) is 18.3. The van der Waals surface area contributed by atoms with Gasteiger partial charge in [0.15, 0.2) is 14.9 Å². The van der Waals surface area contributed by atoms with Gasteiger partial charge in [0.25, 0.3) is 5.91 Å². The minimum atomic E-state index is -3.76. The van der Waals surface area contributed by atoms with E-state index in [1.165, 1.54) is 10.4 Å². The number of piperazine rings is 1. The molecule has 9 nitrogen and oxygen atoms in total. The van der Waals surface area contributed by atoms with Gasteiger partial charge in [-0.1, -0.05) is 41.9 Å². The molecule has 0 spiro atoms. The summed E-state index contributed by atoms with van der Waals surface area (Å²) in [4.78, 5) is 23.2. The molecule has 0 aliphatic carbocycles. The largest absolute Gasteiger partial charge is 0.336 e. The summed E-state index contributed by atoms with van der Waals surface area (Å²) in [5.41, 5.74) is 1.12. The van der Waals surface area contributed by atoms with Gasteiger partial charge in [-0.2, -0.15) is 4.31 Å². The lowest BCUT2D eigenvalue weighted by Crippen LogP contribution is -2.50. The number of hydrogen-bond acceptors (Lipinski definition) is 7. The molecule has 0 atom stereocenters. The third kappa shape index (κ3) is 5.14. The van der Waals surface area contributed by atoms with Gasteiger partial charge in [0, 0.05) is 54.7 Å². The maximum atomic E-state index is 13.5. The van der Waals surface area contributed by atoms with Crippen LogP contribution in [0.2, 0.25) is 5.02 Å². The van der Waals surface area contributed by atoms with Crippen LogP contribution in [0, 0.1) is 0 Å². The Balaban J connectivity index is 1.35. The number of nitrogens with zero attached hydrogens (tertiary/aromatic N) is 4. The van der Waals surface area contributed by atoms with Crippen LogP contribution in [0.1, 0.15) is 10.4 Å². The van der Waals surface area contributed by atoms with Crippen molar-refractivity contribution in [1.29, 1.82) is 0 Å². The van der Waals surface area contributed by atoms with Gasteiger partial charge in [-0.05, 0) is 41.1 Å². The van der Waals surface area contributed by atoms with E-state index in [9.17, 15) is 21.6 Å². The number of sulfone groups is 1.